The number of methoxy groups -OCH3 is 1. The van der Waals surface area contributed by atoms with Crippen LogP contribution in [-0.2, 0) is 24.9 Å². The van der Waals surface area contributed by atoms with Gasteiger partial charge >= 0.3 is 0 Å². The molecule has 0 amide bonds. The van der Waals surface area contributed by atoms with Gasteiger partial charge in [0.1, 0.15) is 0 Å². The lowest BCUT2D eigenvalue weighted by atomic mass is 9.71. The van der Waals surface area contributed by atoms with E-state index in [1.165, 1.54) is 30.5 Å². The van der Waals surface area contributed by atoms with Crippen LogP contribution in [0.25, 0.3) is 0 Å². The molecule has 4 heterocycles. The Morgan fingerprint density at radius 3 is 2.63 bits per heavy atom. The third-order valence-corrected chi connectivity index (χ3v) is 6.40. The Hall–Kier alpha value is -1.76. The molecular weight excluding hydrogens is 338 g/mol. The zero-order chi connectivity index (χ0) is 18.7. The predicted octanol–water partition coefficient (Wildman–Crippen LogP) is 2.18. The van der Waals surface area contributed by atoms with Crippen LogP contribution in [-0.4, -0.2) is 64.5 Å². The van der Waals surface area contributed by atoms with E-state index >= 15 is 0 Å². The summed E-state index contributed by atoms with van der Waals surface area (Å²) in [5.74, 6) is 0.625. The molecule has 1 atom stereocenters. The Balaban J connectivity index is 1.38. The van der Waals surface area contributed by atoms with Crippen LogP contribution in [0.1, 0.15) is 24.0 Å². The van der Waals surface area contributed by atoms with Crippen LogP contribution in [0.3, 0.4) is 0 Å². The Kier molecular flexibility index (Phi) is 5.57. The number of piperidine rings is 1. The summed E-state index contributed by atoms with van der Waals surface area (Å²) in [6.45, 7) is 7.51. The summed E-state index contributed by atoms with van der Waals surface area (Å²) in [5.41, 5.74) is 3.01. The van der Waals surface area contributed by atoms with Crippen LogP contribution in [0, 0.1) is 11.3 Å². The van der Waals surface area contributed by atoms with Gasteiger partial charge in [0.2, 0.25) is 0 Å². The highest BCUT2D eigenvalue weighted by atomic mass is 16.5. The molecule has 1 unspecified atom stereocenters. The number of aryl methyl sites for hydroxylation is 1. The van der Waals surface area contributed by atoms with Crippen LogP contribution in [0.5, 0.6) is 0 Å². The topological polar surface area (TPSA) is 46.4 Å². The van der Waals surface area contributed by atoms with Gasteiger partial charge in [-0.05, 0) is 43.0 Å². The molecule has 2 aliphatic rings. The number of nitrogens with zero attached hydrogens (tertiary/aromatic N) is 5. The summed E-state index contributed by atoms with van der Waals surface area (Å²) < 4.78 is 7.50. The number of aromatic nitrogens is 3. The van der Waals surface area contributed by atoms with E-state index < -0.39 is 0 Å². The molecule has 2 fully saturated rings. The molecule has 146 valence electrons. The zero-order valence-electron chi connectivity index (χ0n) is 16.5. The molecule has 1 spiro atoms. The lowest BCUT2D eigenvalue weighted by molar-refractivity contribution is 0.0350. The first-order valence-corrected chi connectivity index (χ1v) is 9.97. The van der Waals surface area contributed by atoms with Crippen molar-refractivity contribution < 1.29 is 4.74 Å². The van der Waals surface area contributed by atoms with Crippen LogP contribution < -0.4 is 0 Å². The van der Waals surface area contributed by atoms with Crippen LogP contribution >= 0.6 is 0 Å². The highest BCUT2D eigenvalue weighted by Gasteiger charge is 2.47. The standard InChI is InChI=1S/C21H31N5O/c1-24-12-19(11-23-24)14-25-8-5-21(6-9-25)17-26(15-20(21)16-27-2)13-18-4-3-7-22-10-18/h3-4,7,10-12,20H,5-6,8-9,13-17H2,1-2H3. The van der Waals surface area contributed by atoms with Gasteiger partial charge in [-0.25, -0.2) is 0 Å². The van der Waals surface area contributed by atoms with Gasteiger partial charge in [-0.1, -0.05) is 6.07 Å². The van der Waals surface area contributed by atoms with Gasteiger partial charge < -0.3 is 4.74 Å². The maximum Gasteiger partial charge on any atom is 0.0534 e. The number of likely N-dealkylation sites (tertiary alicyclic amines) is 2. The molecule has 2 aliphatic heterocycles. The fourth-order valence-corrected chi connectivity index (χ4v) is 4.98. The Labute approximate surface area is 162 Å². The van der Waals surface area contributed by atoms with Crippen molar-refractivity contribution in [3.8, 4) is 0 Å². The van der Waals surface area contributed by atoms with Crippen LogP contribution in [0.15, 0.2) is 36.9 Å². The van der Waals surface area contributed by atoms with E-state index in [0.29, 0.717) is 11.3 Å². The average Bonchev–Trinajstić information content (AvgIpc) is 3.22. The minimum atomic E-state index is 0.393. The van der Waals surface area contributed by atoms with Gasteiger partial charge in [0.25, 0.3) is 0 Å². The summed E-state index contributed by atoms with van der Waals surface area (Å²) in [4.78, 5) is 9.46. The molecule has 2 saturated heterocycles. The summed E-state index contributed by atoms with van der Waals surface area (Å²) in [6.07, 6.45) is 10.5. The van der Waals surface area contributed by atoms with Crippen LogP contribution in [0.2, 0.25) is 0 Å². The average molecular weight is 370 g/mol. The smallest absolute Gasteiger partial charge is 0.0534 e. The lowest BCUT2D eigenvalue weighted by Crippen LogP contribution is -2.44. The highest BCUT2D eigenvalue weighted by molar-refractivity contribution is 5.10. The molecule has 0 bridgehead atoms. The minimum Gasteiger partial charge on any atom is -0.384 e. The van der Waals surface area contributed by atoms with Crippen molar-refractivity contribution in [1.29, 1.82) is 0 Å². The molecule has 4 rings (SSSR count). The van der Waals surface area contributed by atoms with Crippen molar-refractivity contribution in [2.45, 2.75) is 25.9 Å². The fourth-order valence-electron chi connectivity index (χ4n) is 4.98. The van der Waals surface area contributed by atoms with E-state index in [1.54, 1.807) is 0 Å². The molecule has 0 N–H and O–H groups in total. The summed E-state index contributed by atoms with van der Waals surface area (Å²) in [6, 6.07) is 4.21. The number of rotatable bonds is 6. The molecule has 0 aromatic carbocycles. The van der Waals surface area contributed by atoms with Crippen molar-refractivity contribution in [1.82, 2.24) is 24.6 Å². The molecule has 2 aromatic heterocycles. The van der Waals surface area contributed by atoms with Gasteiger partial charge in [0, 0.05) is 70.4 Å². The van der Waals surface area contributed by atoms with E-state index in [-0.39, 0.29) is 0 Å². The first-order chi connectivity index (χ1) is 13.2. The number of ether oxygens (including phenoxy) is 1. The van der Waals surface area contributed by atoms with Gasteiger partial charge in [0.15, 0.2) is 0 Å². The molecular formula is C21H31N5O. The van der Waals surface area contributed by atoms with E-state index in [1.807, 2.05) is 43.5 Å². The van der Waals surface area contributed by atoms with E-state index in [2.05, 4.69) is 32.1 Å². The van der Waals surface area contributed by atoms with Gasteiger partial charge in [-0.15, -0.1) is 0 Å². The van der Waals surface area contributed by atoms with E-state index in [0.717, 1.165) is 39.3 Å². The van der Waals surface area contributed by atoms with Crippen molar-refractivity contribution in [2.24, 2.45) is 18.4 Å². The molecule has 6 nitrogen and oxygen atoms in total. The molecule has 27 heavy (non-hydrogen) atoms. The largest absolute Gasteiger partial charge is 0.384 e. The number of hydrogen-bond acceptors (Lipinski definition) is 5. The summed E-state index contributed by atoms with van der Waals surface area (Å²) in [5, 5.41) is 4.30. The van der Waals surface area contributed by atoms with E-state index in [4.69, 9.17) is 4.74 Å². The molecule has 2 aromatic rings. The first kappa shape index (κ1) is 18.6. The second-order valence-corrected chi connectivity index (χ2v) is 8.34. The summed E-state index contributed by atoms with van der Waals surface area (Å²) in [7, 11) is 3.83. The van der Waals surface area contributed by atoms with Gasteiger partial charge in [-0.2, -0.15) is 5.10 Å². The highest BCUT2D eigenvalue weighted by Crippen LogP contribution is 2.45. The van der Waals surface area contributed by atoms with Gasteiger partial charge in [0.05, 0.1) is 12.8 Å². The molecule has 0 saturated carbocycles. The normalized spacial score (nSPS) is 23.3. The fraction of sp³-hybridized carbons (Fsp3) is 0.619. The lowest BCUT2D eigenvalue weighted by Gasteiger charge is -2.42. The number of pyridine rings is 1. The molecule has 0 aliphatic carbocycles. The number of hydrogen-bond donors (Lipinski definition) is 0. The second kappa shape index (κ2) is 8.09. The van der Waals surface area contributed by atoms with Crippen molar-refractivity contribution in [3.63, 3.8) is 0 Å². The molecule has 6 heteroatoms. The quantitative estimate of drug-likeness (QED) is 0.781. The Bertz CT molecular complexity index is 723. The maximum atomic E-state index is 5.61. The third kappa shape index (κ3) is 4.23. The van der Waals surface area contributed by atoms with Crippen molar-refractivity contribution in [3.05, 3.63) is 48.0 Å². The first-order valence-electron chi connectivity index (χ1n) is 9.97. The summed E-state index contributed by atoms with van der Waals surface area (Å²) >= 11 is 0. The Morgan fingerprint density at radius 1 is 1.15 bits per heavy atom. The van der Waals surface area contributed by atoms with Crippen molar-refractivity contribution in [2.75, 3.05) is 39.9 Å². The third-order valence-electron chi connectivity index (χ3n) is 6.40. The predicted molar refractivity (Wildman–Crippen MR) is 105 cm³/mol. The molecule has 0 radical (unpaired) electrons. The zero-order valence-corrected chi connectivity index (χ0v) is 16.5. The second-order valence-electron chi connectivity index (χ2n) is 8.34. The minimum absolute atomic E-state index is 0.393. The van der Waals surface area contributed by atoms with Crippen molar-refractivity contribution >= 4 is 0 Å². The SMILES string of the molecule is COCC1CN(Cc2cccnc2)CC12CCN(Cc1cnn(C)c1)CC2. The maximum absolute atomic E-state index is 5.61. The Morgan fingerprint density at radius 2 is 1.96 bits per heavy atom. The monoisotopic (exact) mass is 369 g/mol. The van der Waals surface area contributed by atoms with E-state index in [9.17, 15) is 0 Å². The van der Waals surface area contributed by atoms with Gasteiger partial charge in [-0.3, -0.25) is 19.5 Å². The van der Waals surface area contributed by atoms with Crippen LogP contribution in [0.4, 0.5) is 0 Å².